The second kappa shape index (κ2) is 8.61. The number of rotatable bonds is 6. The van der Waals surface area contributed by atoms with Gasteiger partial charge in [0.1, 0.15) is 17.5 Å². The minimum atomic E-state index is -3.98. The van der Waals surface area contributed by atoms with E-state index in [0.717, 1.165) is 19.2 Å². The van der Waals surface area contributed by atoms with Crippen molar-refractivity contribution in [1.29, 1.82) is 0 Å². The molecule has 0 fully saturated rings. The van der Waals surface area contributed by atoms with Gasteiger partial charge in [-0.3, -0.25) is 0 Å². The van der Waals surface area contributed by atoms with Crippen LogP contribution >= 0.6 is 0 Å². The van der Waals surface area contributed by atoms with Gasteiger partial charge in [-0.15, -0.1) is 5.92 Å². The molecule has 0 bridgehead atoms. The molecule has 2 heterocycles. The number of halogens is 3. The summed E-state index contributed by atoms with van der Waals surface area (Å²) < 4.78 is 68.5. The number of pyridine rings is 1. The molecule has 0 saturated heterocycles. The van der Waals surface area contributed by atoms with Crippen LogP contribution in [0.4, 0.5) is 19.0 Å². The van der Waals surface area contributed by atoms with E-state index in [0.29, 0.717) is 16.7 Å². The Kier molecular flexibility index (Phi) is 6.37. The van der Waals surface area contributed by atoms with Crippen molar-refractivity contribution < 1.29 is 26.7 Å². The Balaban J connectivity index is 2.01. The lowest BCUT2D eigenvalue weighted by Crippen LogP contribution is -2.42. The average Bonchev–Trinajstić information content (AvgIpc) is 2.71. The Hall–Kier alpha value is -3.23. The van der Waals surface area contributed by atoms with Crippen LogP contribution in [0.2, 0.25) is 0 Å². The minimum Gasteiger partial charge on any atom is -0.372 e. The van der Waals surface area contributed by atoms with E-state index in [4.69, 9.17) is 0 Å². The van der Waals surface area contributed by atoms with Crippen molar-refractivity contribution in [1.82, 2.24) is 15.0 Å². The highest BCUT2D eigenvalue weighted by atomic mass is 32.2. The first-order valence-corrected chi connectivity index (χ1v) is 11.6. The van der Waals surface area contributed by atoms with E-state index in [1.165, 1.54) is 31.3 Å². The van der Waals surface area contributed by atoms with Gasteiger partial charge in [0.2, 0.25) is 0 Å². The van der Waals surface area contributed by atoms with Crippen molar-refractivity contribution in [2.75, 3.05) is 11.6 Å². The normalized spacial score (nSPS) is 13.8. The summed E-state index contributed by atoms with van der Waals surface area (Å²) in [5.41, 5.74) is -3.53. The van der Waals surface area contributed by atoms with Gasteiger partial charge in [0, 0.05) is 23.8 Å². The van der Waals surface area contributed by atoms with Gasteiger partial charge in [0.25, 0.3) is 0 Å². The lowest BCUT2D eigenvalue weighted by atomic mass is 9.90. The van der Waals surface area contributed by atoms with Crippen molar-refractivity contribution in [3.63, 3.8) is 0 Å². The maximum absolute atomic E-state index is 15.1. The molecular formula is C22H21F3N4O3S. The molecule has 0 spiro atoms. The van der Waals surface area contributed by atoms with Crippen LogP contribution < -0.4 is 5.32 Å². The minimum absolute atomic E-state index is 0.116. The number of aromatic nitrogens is 3. The maximum atomic E-state index is 15.1. The van der Waals surface area contributed by atoms with Gasteiger partial charge in [-0.05, 0) is 32.9 Å². The molecule has 2 N–H and O–H groups in total. The van der Waals surface area contributed by atoms with Crippen molar-refractivity contribution in [2.45, 2.75) is 43.9 Å². The molecule has 1 aromatic carbocycles. The second-order valence-electron chi connectivity index (χ2n) is 7.59. The Morgan fingerprint density at radius 1 is 1.24 bits per heavy atom. The van der Waals surface area contributed by atoms with E-state index >= 15 is 4.39 Å². The number of sulfone groups is 1. The Bertz CT molecular complexity index is 1400. The van der Waals surface area contributed by atoms with Crippen LogP contribution in [0.1, 0.15) is 30.8 Å². The number of hydrogen-bond donors (Lipinski definition) is 2. The summed E-state index contributed by atoms with van der Waals surface area (Å²) in [7, 11) is -3.61. The largest absolute Gasteiger partial charge is 0.372 e. The molecule has 0 aliphatic heterocycles. The summed E-state index contributed by atoms with van der Waals surface area (Å²) in [5.74, 6) is -0.426. The van der Waals surface area contributed by atoms with Gasteiger partial charge in [-0.25, -0.2) is 27.8 Å². The van der Waals surface area contributed by atoms with Crippen LogP contribution in [-0.4, -0.2) is 40.3 Å². The predicted octanol–water partition coefficient (Wildman–Crippen LogP) is 3.35. The summed E-state index contributed by atoms with van der Waals surface area (Å²) in [6, 6.07) is 4.72. The monoisotopic (exact) mass is 478 g/mol. The lowest BCUT2D eigenvalue weighted by molar-refractivity contribution is -0.148. The van der Waals surface area contributed by atoms with Crippen molar-refractivity contribution in [2.24, 2.45) is 0 Å². The Labute approximate surface area is 189 Å². The molecule has 174 valence electrons. The summed E-state index contributed by atoms with van der Waals surface area (Å²) >= 11 is 0. The van der Waals surface area contributed by atoms with E-state index in [2.05, 4.69) is 26.2 Å². The van der Waals surface area contributed by atoms with Crippen molar-refractivity contribution in [3.8, 4) is 11.8 Å². The zero-order valence-corrected chi connectivity index (χ0v) is 19.1. The molecule has 0 saturated carbocycles. The molecule has 3 aromatic rings. The van der Waals surface area contributed by atoms with E-state index in [1.54, 1.807) is 6.92 Å². The SMILES string of the molecule is CC#CC(C)(O)C(F)(F)c1cccc(CNc2nc(C)nc3cnc(S(C)(=O)=O)cc23)c1F. The standard InChI is InChI=1S/C22H21F3N4O3S/c1-5-9-21(3,30)22(24,25)16-8-6-7-14(19(16)23)11-27-20-15-10-18(33(4,31)32)26-12-17(15)28-13(2)29-20/h6-8,10,12,30H,11H2,1-4H3,(H,27,28,29). The van der Waals surface area contributed by atoms with E-state index < -0.39 is 32.7 Å². The molecule has 11 heteroatoms. The molecule has 2 aromatic heterocycles. The first-order chi connectivity index (χ1) is 15.3. The fourth-order valence-electron chi connectivity index (χ4n) is 3.19. The first-order valence-electron chi connectivity index (χ1n) is 9.68. The number of anilines is 1. The highest BCUT2D eigenvalue weighted by molar-refractivity contribution is 7.90. The fraction of sp³-hybridized carbons (Fsp3) is 0.318. The van der Waals surface area contributed by atoms with Crippen LogP contribution in [0.25, 0.3) is 10.9 Å². The lowest BCUT2D eigenvalue weighted by Gasteiger charge is -2.29. The van der Waals surface area contributed by atoms with E-state index in [-0.39, 0.29) is 23.0 Å². The highest BCUT2D eigenvalue weighted by Gasteiger charge is 2.51. The molecule has 33 heavy (non-hydrogen) atoms. The summed E-state index contributed by atoms with van der Waals surface area (Å²) in [4.78, 5) is 12.3. The van der Waals surface area contributed by atoms with Gasteiger partial charge < -0.3 is 10.4 Å². The fourth-order valence-corrected chi connectivity index (χ4v) is 3.76. The van der Waals surface area contributed by atoms with E-state index in [9.17, 15) is 22.3 Å². The quantitative estimate of drug-likeness (QED) is 0.524. The summed E-state index contributed by atoms with van der Waals surface area (Å²) in [6.07, 6.45) is 2.28. The number of aliphatic hydroxyl groups is 1. The molecule has 7 nitrogen and oxygen atoms in total. The zero-order valence-electron chi connectivity index (χ0n) is 18.2. The van der Waals surface area contributed by atoms with Crippen molar-refractivity contribution >= 4 is 26.6 Å². The van der Waals surface area contributed by atoms with Crippen LogP contribution in [-0.2, 0) is 22.3 Å². The number of aryl methyl sites for hydroxylation is 1. The third-order valence-corrected chi connectivity index (χ3v) is 5.87. The van der Waals surface area contributed by atoms with Crippen LogP contribution in [0.15, 0.2) is 35.5 Å². The molecule has 3 rings (SSSR count). The maximum Gasteiger partial charge on any atom is 0.314 e. The molecule has 0 amide bonds. The number of nitrogens with one attached hydrogen (secondary N) is 1. The number of hydrogen-bond acceptors (Lipinski definition) is 7. The molecule has 1 unspecified atom stereocenters. The van der Waals surface area contributed by atoms with Crippen molar-refractivity contribution in [3.05, 3.63) is 53.2 Å². The van der Waals surface area contributed by atoms with Crippen LogP contribution in [0, 0.1) is 24.6 Å². The van der Waals surface area contributed by atoms with Gasteiger partial charge >= 0.3 is 5.92 Å². The Morgan fingerprint density at radius 3 is 2.58 bits per heavy atom. The van der Waals surface area contributed by atoms with Gasteiger partial charge in [-0.1, -0.05) is 18.1 Å². The summed E-state index contributed by atoms with van der Waals surface area (Å²) in [6.45, 7) is 3.46. The summed E-state index contributed by atoms with van der Waals surface area (Å²) in [5, 5.41) is 13.1. The van der Waals surface area contributed by atoms with Gasteiger partial charge in [-0.2, -0.15) is 8.78 Å². The zero-order chi connectivity index (χ0) is 24.6. The number of nitrogens with zero attached hydrogens (tertiary/aromatic N) is 3. The van der Waals surface area contributed by atoms with E-state index in [1.807, 2.05) is 5.92 Å². The third-order valence-electron chi connectivity index (χ3n) is 4.89. The molecule has 0 radical (unpaired) electrons. The Morgan fingerprint density at radius 2 is 1.94 bits per heavy atom. The molecule has 0 aliphatic rings. The number of alkyl halides is 2. The van der Waals surface area contributed by atoms with Crippen LogP contribution in [0.3, 0.4) is 0 Å². The number of fused-ring (bicyclic) bond motifs is 1. The molecule has 1 atom stereocenters. The second-order valence-corrected chi connectivity index (χ2v) is 9.55. The molecular weight excluding hydrogens is 457 g/mol. The third kappa shape index (κ3) is 4.77. The highest BCUT2D eigenvalue weighted by Crippen LogP contribution is 2.40. The van der Waals surface area contributed by atoms with Crippen LogP contribution in [0.5, 0.6) is 0 Å². The topological polar surface area (TPSA) is 105 Å². The predicted molar refractivity (Wildman–Crippen MR) is 117 cm³/mol. The van der Waals surface area contributed by atoms with Gasteiger partial charge in [0.15, 0.2) is 20.5 Å². The average molecular weight is 478 g/mol. The first kappa shape index (κ1) is 24.4. The van der Waals surface area contributed by atoms with Gasteiger partial charge in [0.05, 0.1) is 17.3 Å². The number of benzene rings is 1. The molecule has 0 aliphatic carbocycles. The smallest absolute Gasteiger partial charge is 0.314 e.